The van der Waals surface area contributed by atoms with E-state index in [1.165, 1.54) is 0 Å². The number of hydrogen-bond acceptors (Lipinski definition) is 2. The van der Waals surface area contributed by atoms with Crippen LogP contribution in [0.3, 0.4) is 0 Å². The van der Waals surface area contributed by atoms with E-state index in [2.05, 4.69) is 5.32 Å². The first-order valence-corrected chi connectivity index (χ1v) is 3.89. The van der Waals surface area contributed by atoms with Crippen molar-refractivity contribution in [3.05, 3.63) is 0 Å². The maximum atomic E-state index is 11.9. The molecule has 1 fully saturated rings. The van der Waals surface area contributed by atoms with Crippen molar-refractivity contribution in [2.75, 3.05) is 26.7 Å². The van der Waals surface area contributed by atoms with Crippen LogP contribution in [-0.4, -0.2) is 44.0 Å². The van der Waals surface area contributed by atoms with Crippen molar-refractivity contribution < 1.29 is 8.78 Å². The first-order chi connectivity index (χ1) is 5.20. The quantitative estimate of drug-likeness (QED) is 0.641. The van der Waals surface area contributed by atoms with Crippen molar-refractivity contribution in [2.45, 2.75) is 18.9 Å². The topological polar surface area (TPSA) is 15.3 Å². The standard InChI is InChI=1S/C7H14F2N2/c1-11-3-2-10-5-6(11)4-7(8)9/h6-7,10H,2-5H2,1H3. The Kier molecular flexibility index (Phi) is 3.20. The Morgan fingerprint density at radius 1 is 1.64 bits per heavy atom. The fourth-order valence-corrected chi connectivity index (χ4v) is 1.33. The molecule has 0 spiro atoms. The molecule has 0 aromatic heterocycles. The van der Waals surface area contributed by atoms with Crippen LogP contribution in [0.5, 0.6) is 0 Å². The number of hydrogen-bond donors (Lipinski definition) is 1. The monoisotopic (exact) mass is 164 g/mol. The Bertz CT molecular complexity index is 119. The molecule has 4 heteroatoms. The molecule has 0 aromatic rings. The minimum Gasteiger partial charge on any atom is -0.314 e. The van der Waals surface area contributed by atoms with E-state index in [9.17, 15) is 8.78 Å². The molecule has 0 aromatic carbocycles. The van der Waals surface area contributed by atoms with Gasteiger partial charge in [0.2, 0.25) is 6.43 Å². The predicted octanol–water partition coefficient (Wildman–Crippen LogP) is 0.545. The third-order valence-corrected chi connectivity index (χ3v) is 2.09. The molecule has 1 N–H and O–H groups in total. The Morgan fingerprint density at radius 2 is 2.36 bits per heavy atom. The van der Waals surface area contributed by atoms with Crippen LogP contribution in [0.1, 0.15) is 6.42 Å². The average molecular weight is 164 g/mol. The van der Waals surface area contributed by atoms with Crippen LogP contribution in [0.4, 0.5) is 8.78 Å². The van der Waals surface area contributed by atoms with Crippen LogP contribution >= 0.6 is 0 Å². The second kappa shape index (κ2) is 3.97. The molecule has 66 valence electrons. The summed E-state index contributed by atoms with van der Waals surface area (Å²) in [6.45, 7) is 2.48. The molecule has 1 unspecified atom stereocenters. The van der Waals surface area contributed by atoms with Crippen LogP contribution < -0.4 is 5.32 Å². The van der Waals surface area contributed by atoms with Gasteiger partial charge >= 0.3 is 0 Å². The molecule has 1 rings (SSSR count). The van der Waals surface area contributed by atoms with Gasteiger partial charge in [0, 0.05) is 32.1 Å². The number of nitrogens with zero attached hydrogens (tertiary/aromatic N) is 1. The Hall–Kier alpha value is -0.220. The van der Waals surface area contributed by atoms with Gasteiger partial charge in [-0.3, -0.25) is 0 Å². The van der Waals surface area contributed by atoms with E-state index in [1.807, 2.05) is 11.9 Å². The molecule has 2 nitrogen and oxygen atoms in total. The van der Waals surface area contributed by atoms with E-state index >= 15 is 0 Å². The van der Waals surface area contributed by atoms with Gasteiger partial charge in [-0.1, -0.05) is 0 Å². The van der Waals surface area contributed by atoms with Crippen molar-refractivity contribution >= 4 is 0 Å². The summed E-state index contributed by atoms with van der Waals surface area (Å²) in [4.78, 5) is 1.99. The first-order valence-electron chi connectivity index (χ1n) is 3.89. The van der Waals surface area contributed by atoms with E-state index in [0.29, 0.717) is 6.54 Å². The molecule has 1 aliphatic rings. The SMILES string of the molecule is CN1CCNCC1CC(F)F. The zero-order valence-electron chi connectivity index (χ0n) is 6.69. The largest absolute Gasteiger partial charge is 0.314 e. The van der Waals surface area contributed by atoms with Crippen molar-refractivity contribution in [1.29, 1.82) is 0 Å². The van der Waals surface area contributed by atoms with Gasteiger partial charge in [-0.05, 0) is 7.05 Å². The second-order valence-corrected chi connectivity index (χ2v) is 2.97. The Labute approximate surface area is 65.6 Å². The lowest BCUT2D eigenvalue weighted by Crippen LogP contribution is -2.49. The van der Waals surface area contributed by atoms with Crippen molar-refractivity contribution in [2.24, 2.45) is 0 Å². The minimum absolute atomic E-state index is 0.0104. The minimum atomic E-state index is -2.18. The molecule has 0 saturated carbocycles. The highest BCUT2D eigenvalue weighted by molar-refractivity contribution is 4.77. The average Bonchev–Trinajstić information content (AvgIpc) is 1.93. The third kappa shape index (κ3) is 2.71. The summed E-state index contributed by atoms with van der Waals surface area (Å²) >= 11 is 0. The molecular formula is C7H14F2N2. The fourth-order valence-electron chi connectivity index (χ4n) is 1.33. The lowest BCUT2D eigenvalue weighted by atomic mass is 10.1. The Morgan fingerprint density at radius 3 is 2.91 bits per heavy atom. The summed E-state index contributed by atoms with van der Waals surface area (Å²) in [6, 6.07) is 0.0174. The van der Waals surface area contributed by atoms with E-state index in [1.54, 1.807) is 0 Å². The molecule has 1 aliphatic heterocycles. The van der Waals surface area contributed by atoms with Crippen LogP contribution in [0.2, 0.25) is 0 Å². The zero-order valence-corrected chi connectivity index (χ0v) is 6.69. The summed E-state index contributed by atoms with van der Waals surface area (Å²) in [7, 11) is 1.90. The van der Waals surface area contributed by atoms with Gasteiger partial charge in [-0.2, -0.15) is 0 Å². The number of likely N-dealkylation sites (N-methyl/N-ethyl adjacent to an activating group) is 1. The smallest absolute Gasteiger partial charge is 0.240 e. The molecule has 0 aliphatic carbocycles. The molecule has 0 radical (unpaired) electrons. The van der Waals surface area contributed by atoms with Gasteiger partial charge < -0.3 is 10.2 Å². The van der Waals surface area contributed by atoms with E-state index in [-0.39, 0.29) is 12.5 Å². The number of halogens is 2. The predicted molar refractivity (Wildman–Crippen MR) is 39.9 cm³/mol. The molecule has 1 atom stereocenters. The second-order valence-electron chi connectivity index (χ2n) is 2.97. The highest BCUT2D eigenvalue weighted by Gasteiger charge is 2.21. The van der Waals surface area contributed by atoms with Crippen LogP contribution in [0, 0.1) is 0 Å². The normalized spacial score (nSPS) is 27.8. The third-order valence-electron chi connectivity index (χ3n) is 2.09. The van der Waals surface area contributed by atoms with E-state index < -0.39 is 6.43 Å². The number of piperazine rings is 1. The molecule has 0 bridgehead atoms. The van der Waals surface area contributed by atoms with Crippen molar-refractivity contribution in [1.82, 2.24) is 10.2 Å². The lowest BCUT2D eigenvalue weighted by Gasteiger charge is -2.32. The summed E-state index contributed by atoms with van der Waals surface area (Å²) in [5.74, 6) is 0. The summed E-state index contributed by atoms with van der Waals surface area (Å²) in [5.41, 5.74) is 0. The maximum absolute atomic E-state index is 11.9. The van der Waals surface area contributed by atoms with E-state index in [0.717, 1.165) is 13.1 Å². The fraction of sp³-hybridized carbons (Fsp3) is 1.00. The number of alkyl halides is 2. The number of rotatable bonds is 2. The molecule has 1 heterocycles. The summed E-state index contributed by atoms with van der Waals surface area (Å²) < 4.78 is 23.9. The Balaban J connectivity index is 2.29. The van der Waals surface area contributed by atoms with Gasteiger partial charge in [0.1, 0.15) is 0 Å². The summed E-state index contributed by atoms with van der Waals surface area (Å²) in [6.07, 6.45) is -2.19. The van der Waals surface area contributed by atoms with Gasteiger partial charge in [0.25, 0.3) is 0 Å². The lowest BCUT2D eigenvalue weighted by molar-refractivity contribution is 0.0806. The molecule has 0 amide bonds. The van der Waals surface area contributed by atoms with Crippen molar-refractivity contribution in [3.63, 3.8) is 0 Å². The van der Waals surface area contributed by atoms with Gasteiger partial charge in [-0.15, -0.1) is 0 Å². The van der Waals surface area contributed by atoms with Gasteiger partial charge in [0.05, 0.1) is 0 Å². The molecule has 1 saturated heterocycles. The summed E-state index contributed by atoms with van der Waals surface area (Å²) in [5, 5.41) is 3.10. The zero-order chi connectivity index (χ0) is 8.27. The van der Waals surface area contributed by atoms with Crippen LogP contribution in [0.25, 0.3) is 0 Å². The highest BCUT2D eigenvalue weighted by atomic mass is 19.3. The first kappa shape index (κ1) is 8.87. The molecular weight excluding hydrogens is 150 g/mol. The van der Waals surface area contributed by atoms with Gasteiger partial charge in [-0.25, -0.2) is 8.78 Å². The maximum Gasteiger partial charge on any atom is 0.240 e. The molecule has 11 heavy (non-hydrogen) atoms. The number of nitrogens with one attached hydrogen (secondary N) is 1. The van der Waals surface area contributed by atoms with Crippen molar-refractivity contribution in [3.8, 4) is 0 Å². The van der Waals surface area contributed by atoms with Crippen LogP contribution in [0.15, 0.2) is 0 Å². The highest BCUT2D eigenvalue weighted by Crippen LogP contribution is 2.10. The van der Waals surface area contributed by atoms with Gasteiger partial charge in [0.15, 0.2) is 0 Å². The van der Waals surface area contributed by atoms with Crippen LogP contribution in [-0.2, 0) is 0 Å². The van der Waals surface area contributed by atoms with E-state index in [4.69, 9.17) is 0 Å².